The molecule has 0 aliphatic carbocycles. The zero-order valence-corrected chi connectivity index (χ0v) is 10.5. The Morgan fingerprint density at radius 2 is 2.47 bits per heavy atom. The minimum Gasteiger partial charge on any atom is -0.294 e. The van der Waals surface area contributed by atoms with Crippen LogP contribution in [0.4, 0.5) is 0 Å². The van der Waals surface area contributed by atoms with Crippen molar-refractivity contribution < 1.29 is 4.79 Å². The van der Waals surface area contributed by atoms with Crippen LogP contribution >= 0.6 is 27.3 Å². The lowest BCUT2D eigenvalue weighted by molar-refractivity contribution is 0.0993. The fourth-order valence-corrected chi connectivity index (χ4v) is 2.39. The van der Waals surface area contributed by atoms with Gasteiger partial charge in [-0.2, -0.15) is 5.10 Å². The average molecular weight is 285 g/mol. The van der Waals surface area contributed by atoms with Crippen molar-refractivity contribution in [2.75, 3.05) is 0 Å². The van der Waals surface area contributed by atoms with Crippen molar-refractivity contribution in [2.24, 2.45) is 7.05 Å². The van der Waals surface area contributed by atoms with Gasteiger partial charge >= 0.3 is 0 Å². The van der Waals surface area contributed by atoms with Gasteiger partial charge in [-0.1, -0.05) is 6.07 Å². The van der Waals surface area contributed by atoms with Gasteiger partial charge in [-0.25, -0.2) is 0 Å². The van der Waals surface area contributed by atoms with E-state index in [0.29, 0.717) is 12.0 Å². The Hall–Kier alpha value is -0.940. The SMILES string of the molecule is Cn1ncc(C(=O)Cc2cccs2)c1Br. The number of Topliss-reactive ketones (excluding diaryl/α,β-unsaturated/α-hetero) is 1. The Bertz CT molecular complexity index is 476. The summed E-state index contributed by atoms with van der Waals surface area (Å²) in [5.41, 5.74) is 0.644. The van der Waals surface area contributed by atoms with E-state index in [1.165, 1.54) is 0 Å². The Morgan fingerprint density at radius 3 is 3.00 bits per heavy atom. The number of ketones is 1. The largest absolute Gasteiger partial charge is 0.294 e. The van der Waals surface area contributed by atoms with E-state index in [0.717, 1.165) is 9.48 Å². The monoisotopic (exact) mass is 284 g/mol. The highest BCUT2D eigenvalue weighted by atomic mass is 79.9. The lowest BCUT2D eigenvalue weighted by atomic mass is 10.1. The van der Waals surface area contributed by atoms with Crippen molar-refractivity contribution in [2.45, 2.75) is 6.42 Å². The summed E-state index contributed by atoms with van der Waals surface area (Å²) in [7, 11) is 1.80. The lowest BCUT2D eigenvalue weighted by Crippen LogP contribution is -2.02. The lowest BCUT2D eigenvalue weighted by Gasteiger charge is -1.97. The molecular weight excluding hydrogens is 276 g/mol. The van der Waals surface area contributed by atoms with Crippen LogP contribution in [0.5, 0.6) is 0 Å². The van der Waals surface area contributed by atoms with E-state index in [4.69, 9.17) is 0 Å². The molecule has 0 atom stereocenters. The third kappa shape index (κ3) is 2.18. The molecule has 2 aromatic heterocycles. The first-order chi connectivity index (χ1) is 7.18. The molecule has 0 unspecified atom stereocenters. The minimum atomic E-state index is 0.0948. The van der Waals surface area contributed by atoms with Crippen LogP contribution in [-0.4, -0.2) is 15.6 Å². The van der Waals surface area contributed by atoms with Gasteiger partial charge in [0, 0.05) is 18.3 Å². The normalized spacial score (nSPS) is 10.5. The first kappa shape index (κ1) is 10.6. The zero-order chi connectivity index (χ0) is 10.8. The van der Waals surface area contributed by atoms with Gasteiger partial charge in [0.05, 0.1) is 11.8 Å². The fourth-order valence-electron chi connectivity index (χ4n) is 1.28. The molecule has 2 rings (SSSR count). The second kappa shape index (κ2) is 4.28. The predicted molar refractivity (Wildman–Crippen MR) is 63.3 cm³/mol. The molecule has 0 aromatic carbocycles. The second-order valence-electron chi connectivity index (χ2n) is 3.15. The van der Waals surface area contributed by atoms with Crippen molar-refractivity contribution in [3.05, 3.63) is 38.8 Å². The first-order valence-electron chi connectivity index (χ1n) is 4.41. The van der Waals surface area contributed by atoms with E-state index < -0.39 is 0 Å². The molecular formula is C10H9BrN2OS. The summed E-state index contributed by atoms with van der Waals surface area (Å²) in [6.07, 6.45) is 2.04. The van der Waals surface area contributed by atoms with Gasteiger partial charge < -0.3 is 0 Å². The minimum absolute atomic E-state index is 0.0948. The van der Waals surface area contributed by atoms with Crippen molar-refractivity contribution in [3.63, 3.8) is 0 Å². The second-order valence-corrected chi connectivity index (χ2v) is 4.94. The van der Waals surface area contributed by atoms with E-state index in [1.807, 2.05) is 17.5 Å². The highest BCUT2D eigenvalue weighted by Crippen LogP contribution is 2.18. The maximum Gasteiger partial charge on any atom is 0.172 e. The number of rotatable bonds is 3. The van der Waals surface area contributed by atoms with E-state index in [9.17, 15) is 4.79 Å². The quantitative estimate of drug-likeness (QED) is 0.813. The van der Waals surface area contributed by atoms with Crippen LogP contribution in [0.15, 0.2) is 28.3 Å². The summed E-state index contributed by atoms with van der Waals surface area (Å²) < 4.78 is 2.38. The summed E-state index contributed by atoms with van der Waals surface area (Å²) in [6, 6.07) is 3.92. The topological polar surface area (TPSA) is 34.9 Å². The third-order valence-electron chi connectivity index (χ3n) is 2.08. The summed E-state index contributed by atoms with van der Waals surface area (Å²) in [5.74, 6) is 0.0948. The molecule has 5 heteroatoms. The van der Waals surface area contributed by atoms with Crippen LogP contribution in [0, 0.1) is 0 Å². The summed E-state index contributed by atoms with van der Waals surface area (Å²) in [4.78, 5) is 12.9. The molecule has 2 heterocycles. The fraction of sp³-hybridized carbons (Fsp3) is 0.200. The zero-order valence-electron chi connectivity index (χ0n) is 8.11. The molecule has 0 amide bonds. The molecule has 3 nitrogen and oxygen atoms in total. The first-order valence-corrected chi connectivity index (χ1v) is 6.09. The van der Waals surface area contributed by atoms with Crippen molar-refractivity contribution in [1.82, 2.24) is 9.78 Å². The Labute approximate surface area is 99.9 Å². The molecule has 0 saturated heterocycles. The van der Waals surface area contributed by atoms with Crippen LogP contribution in [0.1, 0.15) is 15.2 Å². The van der Waals surface area contributed by atoms with Gasteiger partial charge in [0.1, 0.15) is 4.60 Å². The molecule has 15 heavy (non-hydrogen) atoms. The van der Waals surface area contributed by atoms with Gasteiger partial charge in [0.2, 0.25) is 0 Å². The average Bonchev–Trinajstić information content (AvgIpc) is 2.79. The number of nitrogens with zero attached hydrogens (tertiary/aromatic N) is 2. The van der Waals surface area contributed by atoms with E-state index in [1.54, 1.807) is 29.3 Å². The van der Waals surface area contributed by atoms with Gasteiger partial charge in [0.15, 0.2) is 5.78 Å². The van der Waals surface area contributed by atoms with E-state index in [-0.39, 0.29) is 5.78 Å². The third-order valence-corrected chi connectivity index (χ3v) is 3.90. The maximum atomic E-state index is 11.9. The van der Waals surface area contributed by atoms with E-state index in [2.05, 4.69) is 21.0 Å². The maximum absolute atomic E-state index is 11.9. The van der Waals surface area contributed by atoms with Crippen LogP contribution in [0.25, 0.3) is 0 Å². The molecule has 0 saturated carbocycles. The number of carbonyl (C=O) groups excluding carboxylic acids is 1. The number of thiophene rings is 1. The number of halogens is 1. The number of carbonyl (C=O) groups is 1. The molecule has 0 aliphatic heterocycles. The Morgan fingerprint density at radius 1 is 1.67 bits per heavy atom. The number of aromatic nitrogens is 2. The summed E-state index contributed by atoms with van der Waals surface area (Å²) >= 11 is 4.93. The molecule has 2 aromatic rings. The van der Waals surface area contributed by atoms with Crippen LogP contribution in [0.3, 0.4) is 0 Å². The number of hydrogen-bond donors (Lipinski definition) is 0. The van der Waals surface area contributed by atoms with E-state index >= 15 is 0 Å². The number of aryl methyl sites for hydroxylation is 1. The van der Waals surface area contributed by atoms with Crippen molar-refractivity contribution >= 4 is 33.0 Å². The Balaban J connectivity index is 2.19. The molecule has 0 spiro atoms. The summed E-state index contributed by atoms with van der Waals surface area (Å²) in [6.45, 7) is 0. The molecule has 0 bridgehead atoms. The number of hydrogen-bond acceptors (Lipinski definition) is 3. The van der Waals surface area contributed by atoms with Gasteiger partial charge in [-0.05, 0) is 27.4 Å². The molecule has 0 aliphatic rings. The van der Waals surface area contributed by atoms with Crippen LogP contribution in [-0.2, 0) is 13.5 Å². The Kier molecular flexibility index (Phi) is 3.02. The van der Waals surface area contributed by atoms with Gasteiger partial charge in [0.25, 0.3) is 0 Å². The predicted octanol–water partition coefficient (Wildman–Crippen LogP) is 2.67. The van der Waals surface area contributed by atoms with Crippen molar-refractivity contribution in [3.8, 4) is 0 Å². The van der Waals surface area contributed by atoms with Crippen LogP contribution < -0.4 is 0 Å². The molecule has 0 N–H and O–H groups in total. The van der Waals surface area contributed by atoms with Gasteiger partial charge in [-0.3, -0.25) is 9.48 Å². The van der Waals surface area contributed by atoms with Gasteiger partial charge in [-0.15, -0.1) is 11.3 Å². The smallest absolute Gasteiger partial charge is 0.172 e. The highest BCUT2D eigenvalue weighted by Gasteiger charge is 2.14. The molecule has 78 valence electrons. The highest BCUT2D eigenvalue weighted by molar-refractivity contribution is 9.10. The van der Waals surface area contributed by atoms with Crippen molar-refractivity contribution in [1.29, 1.82) is 0 Å². The summed E-state index contributed by atoms with van der Waals surface area (Å²) in [5, 5.41) is 5.99. The molecule has 0 fully saturated rings. The van der Waals surface area contributed by atoms with Crippen LogP contribution in [0.2, 0.25) is 0 Å². The standard InChI is InChI=1S/C10H9BrN2OS/c1-13-10(11)8(6-12-13)9(14)5-7-3-2-4-15-7/h2-4,6H,5H2,1H3. The molecule has 0 radical (unpaired) electrons.